The smallest absolute Gasteiger partial charge is 0.192 e. The van der Waals surface area contributed by atoms with Crippen LogP contribution in [0.1, 0.15) is 24.3 Å². The quantitative estimate of drug-likeness (QED) is 0.895. The van der Waals surface area contributed by atoms with Crippen molar-refractivity contribution in [3.63, 3.8) is 0 Å². The van der Waals surface area contributed by atoms with Crippen molar-refractivity contribution in [3.05, 3.63) is 29.7 Å². The summed E-state index contributed by atoms with van der Waals surface area (Å²) in [4.78, 5) is 6.58. The molecule has 0 atom stereocenters. The lowest BCUT2D eigenvalue weighted by Gasteiger charge is -2.20. The first-order valence-electron chi connectivity index (χ1n) is 6.38. The highest BCUT2D eigenvalue weighted by molar-refractivity contribution is 5.73. The van der Waals surface area contributed by atoms with E-state index >= 15 is 0 Å². The zero-order valence-electron chi connectivity index (χ0n) is 10.9. The van der Waals surface area contributed by atoms with Crippen LogP contribution >= 0.6 is 0 Å². The average molecular weight is 245 g/mol. The highest BCUT2D eigenvalue weighted by atomic mass is 16.3. The van der Waals surface area contributed by atoms with E-state index in [4.69, 9.17) is 10.2 Å². The lowest BCUT2D eigenvalue weighted by molar-refractivity contribution is 0.296. The monoisotopic (exact) mass is 245 g/mol. The Labute approximate surface area is 107 Å². The standard InChI is InChI=1S/C14H19N3O/c1-10-16-12-4-3-11(7-13(12)18-10)8-17(2)9-14(15)5-6-14/h3-4,7H,5-6,8-9,15H2,1-2H3. The van der Waals surface area contributed by atoms with Gasteiger partial charge in [0, 0.05) is 25.6 Å². The molecule has 0 saturated heterocycles. The predicted molar refractivity (Wildman–Crippen MR) is 71.2 cm³/mol. The number of aryl methyl sites for hydroxylation is 1. The summed E-state index contributed by atoms with van der Waals surface area (Å²) in [6.45, 7) is 3.73. The zero-order valence-corrected chi connectivity index (χ0v) is 10.9. The second kappa shape index (κ2) is 4.07. The molecule has 3 rings (SSSR count). The maximum atomic E-state index is 6.12. The summed E-state index contributed by atoms with van der Waals surface area (Å²) in [7, 11) is 2.11. The van der Waals surface area contributed by atoms with Crippen LogP contribution in [0, 0.1) is 6.92 Å². The van der Waals surface area contributed by atoms with E-state index in [0.29, 0.717) is 0 Å². The summed E-state index contributed by atoms with van der Waals surface area (Å²) in [6, 6.07) is 6.20. The van der Waals surface area contributed by atoms with Crippen molar-refractivity contribution in [2.75, 3.05) is 13.6 Å². The molecule has 0 amide bonds. The molecule has 1 aliphatic rings. The van der Waals surface area contributed by atoms with E-state index in [-0.39, 0.29) is 5.54 Å². The van der Waals surface area contributed by atoms with Gasteiger partial charge in [-0.15, -0.1) is 0 Å². The number of nitrogens with zero attached hydrogens (tertiary/aromatic N) is 2. The third kappa shape index (κ3) is 2.40. The molecule has 0 bridgehead atoms. The Morgan fingerprint density at radius 2 is 2.22 bits per heavy atom. The topological polar surface area (TPSA) is 55.3 Å². The van der Waals surface area contributed by atoms with Gasteiger partial charge >= 0.3 is 0 Å². The molecule has 1 aliphatic carbocycles. The Morgan fingerprint density at radius 3 is 2.94 bits per heavy atom. The van der Waals surface area contributed by atoms with Crippen LogP contribution in [0.15, 0.2) is 22.6 Å². The summed E-state index contributed by atoms with van der Waals surface area (Å²) >= 11 is 0. The summed E-state index contributed by atoms with van der Waals surface area (Å²) in [5, 5.41) is 0. The van der Waals surface area contributed by atoms with E-state index < -0.39 is 0 Å². The van der Waals surface area contributed by atoms with Gasteiger partial charge in [-0.1, -0.05) is 6.07 Å². The highest BCUT2D eigenvalue weighted by Gasteiger charge is 2.38. The van der Waals surface area contributed by atoms with E-state index in [9.17, 15) is 0 Å². The fourth-order valence-electron chi connectivity index (χ4n) is 2.41. The van der Waals surface area contributed by atoms with Gasteiger partial charge in [0.2, 0.25) is 0 Å². The van der Waals surface area contributed by atoms with Gasteiger partial charge in [0.25, 0.3) is 0 Å². The average Bonchev–Trinajstić information content (AvgIpc) is 2.88. The second-order valence-electron chi connectivity index (χ2n) is 5.57. The summed E-state index contributed by atoms with van der Waals surface area (Å²) in [5.74, 6) is 0.717. The van der Waals surface area contributed by atoms with Crippen LogP contribution < -0.4 is 5.73 Å². The highest BCUT2D eigenvalue weighted by Crippen LogP contribution is 2.32. The van der Waals surface area contributed by atoms with Crippen molar-refractivity contribution in [1.82, 2.24) is 9.88 Å². The minimum atomic E-state index is 0.0711. The zero-order chi connectivity index (χ0) is 12.8. The second-order valence-corrected chi connectivity index (χ2v) is 5.57. The minimum absolute atomic E-state index is 0.0711. The minimum Gasteiger partial charge on any atom is -0.441 e. The fraction of sp³-hybridized carbons (Fsp3) is 0.500. The molecule has 1 heterocycles. The number of benzene rings is 1. The van der Waals surface area contributed by atoms with E-state index in [0.717, 1.165) is 42.9 Å². The SMILES string of the molecule is Cc1nc2ccc(CN(C)CC3(N)CC3)cc2o1. The molecule has 4 heteroatoms. The Bertz CT molecular complexity index is 571. The lowest BCUT2D eigenvalue weighted by atomic mass is 10.2. The maximum absolute atomic E-state index is 6.12. The Kier molecular flexibility index (Phi) is 2.64. The van der Waals surface area contributed by atoms with Crippen molar-refractivity contribution < 1.29 is 4.42 Å². The molecular weight excluding hydrogens is 226 g/mol. The first kappa shape index (κ1) is 11.7. The Hall–Kier alpha value is -1.39. The van der Waals surface area contributed by atoms with Crippen molar-refractivity contribution in [1.29, 1.82) is 0 Å². The van der Waals surface area contributed by atoms with Crippen LogP contribution in [-0.4, -0.2) is 29.0 Å². The van der Waals surface area contributed by atoms with Crippen LogP contribution in [0.3, 0.4) is 0 Å². The van der Waals surface area contributed by atoms with Crippen molar-refractivity contribution >= 4 is 11.1 Å². The van der Waals surface area contributed by atoms with Crippen LogP contribution in [0.2, 0.25) is 0 Å². The normalized spacial score (nSPS) is 17.6. The first-order chi connectivity index (χ1) is 8.54. The summed E-state index contributed by atoms with van der Waals surface area (Å²) < 4.78 is 5.55. The number of hydrogen-bond donors (Lipinski definition) is 1. The van der Waals surface area contributed by atoms with Crippen LogP contribution in [0.4, 0.5) is 0 Å². The molecule has 96 valence electrons. The Morgan fingerprint density at radius 1 is 1.44 bits per heavy atom. The molecule has 0 radical (unpaired) electrons. The van der Waals surface area contributed by atoms with E-state index in [1.807, 2.05) is 13.0 Å². The van der Waals surface area contributed by atoms with E-state index in [1.165, 1.54) is 5.56 Å². The van der Waals surface area contributed by atoms with Gasteiger partial charge < -0.3 is 15.1 Å². The summed E-state index contributed by atoms with van der Waals surface area (Å²) in [5.41, 5.74) is 9.23. The van der Waals surface area contributed by atoms with Gasteiger partial charge in [0.05, 0.1) is 0 Å². The molecule has 18 heavy (non-hydrogen) atoms. The molecule has 4 nitrogen and oxygen atoms in total. The molecule has 1 aromatic heterocycles. The number of aromatic nitrogens is 1. The molecule has 1 fully saturated rings. The number of fused-ring (bicyclic) bond motifs is 1. The number of likely N-dealkylation sites (N-methyl/N-ethyl adjacent to an activating group) is 1. The van der Waals surface area contributed by atoms with Gasteiger partial charge in [-0.25, -0.2) is 4.98 Å². The van der Waals surface area contributed by atoms with Gasteiger partial charge in [0.1, 0.15) is 5.52 Å². The van der Waals surface area contributed by atoms with Crippen molar-refractivity contribution in [2.24, 2.45) is 5.73 Å². The number of nitrogens with two attached hydrogens (primary N) is 1. The van der Waals surface area contributed by atoms with Crippen LogP contribution in [-0.2, 0) is 6.54 Å². The van der Waals surface area contributed by atoms with Crippen molar-refractivity contribution in [3.8, 4) is 0 Å². The Balaban J connectivity index is 1.73. The summed E-state index contributed by atoms with van der Waals surface area (Å²) in [6.07, 6.45) is 2.30. The van der Waals surface area contributed by atoms with Gasteiger partial charge in [0.15, 0.2) is 11.5 Å². The predicted octanol–water partition coefficient (Wildman–Crippen LogP) is 2.06. The first-order valence-corrected chi connectivity index (χ1v) is 6.38. The van der Waals surface area contributed by atoms with E-state index in [2.05, 4.69) is 29.1 Å². The molecule has 1 saturated carbocycles. The molecule has 0 spiro atoms. The molecule has 1 aromatic carbocycles. The van der Waals surface area contributed by atoms with Gasteiger partial charge in [-0.05, 0) is 37.6 Å². The van der Waals surface area contributed by atoms with Crippen molar-refractivity contribution in [2.45, 2.75) is 31.8 Å². The fourth-order valence-corrected chi connectivity index (χ4v) is 2.41. The molecule has 2 N–H and O–H groups in total. The van der Waals surface area contributed by atoms with E-state index in [1.54, 1.807) is 0 Å². The number of oxazole rings is 1. The van der Waals surface area contributed by atoms with Crippen LogP contribution in [0.25, 0.3) is 11.1 Å². The largest absolute Gasteiger partial charge is 0.441 e. The number of hydrogen-bond acceptors (Lipinski definition) is 4. The number of rotatable bonds is 4. The van der Waals surface area contributed by atoms with Gasteiger partial charge in [-0.3, -0.25) is 0 Å². The lowest BCUT2D eigenvalue weighted by Crippen LogP contribution is -2.36. The third-order valence-electron chi connectivity index (χ3n) is 3.49. The third-order valence-corrected chi connectivity index (χ3v) is 3.49. The molecular formula is C14H19N3O. The molecule has 2 aromatic rings. The maximum Gasteiger partial charge on any atom is 0.192 e. The molecule has 0 aliphatic heterocycles. The van der Waals surface area contributed by atoms with Crippen LogP contribution in [0.5, 0.6) is 0 Å². The molecule has 0 unspecified atom stereocenters. The van der Waals surface area contributed by atoms with Gasteiger partial charge in [-0.2, -0.15) is 0 Å².